The molecule has 0 N–H and O–H groups in total. The summed E-state index contributed by atoms with van der Waals surface area (Å²) in [6, 6.07) is 0. The molecular weight excluding hydrogens is 206 g/mol. The van der Waals surface area contributed by atoms with Crippen molar-refractivity contribution in [3.63, 3.8) is 0 Å². The monoisotopic (exact) mass is 217 g/mol. The third kappa shape index (κ3) is 12.3. The van der Waals surface area contributed by atoms with Gasteiger partial charge >= 0.3 is 66.6 Å². The zero-order chi connectivity index (χ0) is 6.24. The van der Waals surface area contributed by atoms with Crippen LogP contribution < -0.4 is 0 Å². The SMILES string of the molecule is CCCCCC#[C][In].[Li]. The molecule has 0 saturated heterocycles. The molecule has 0 heterocycles. The van der Waals surface area contributed by atoms with E-state index in [-0.39, 0.29) is 18.9 Å². The van der Waals surface area contributed by atoms with E-state index in [0.29, 0.717) is 0 Å². The molecule has 0 atom stereocenters. The summed E-state index contributed by atoms with van der Waals surface area (Å²) < 4.78 is 3.01. The third-order valence-corrected chi connectivity index (χ3v) is 1.59. The molecule has 0 aromatic heterocycles. The smallest absolute Gasteiger partial charge is 0 e. The average Bonchev–Trinajstić information content (AvgIpc) is 1.81. The minimum atomic E-state index is 0. The maximum Gasteiger partial charge on any atom is 0 e. The van der Waals surface area contributed by atoms with E-state index in [2.05, 4.69) is 16.5 Å². The molecule has 0 aromatic rings. The topological polar surface area (TPSA) is 0 Å². The van der Waals surface area contributed by atoms with Crippen LogP contribution in [0.15, 0.2) is 0 Å². The van der Waals surface area contributed by atoms with Gasteiger partial charge < -0.3 is 0 Å². The Morgan fingerprint density at radius 3 is 2.44 bits per heavy atom. The van der Waals surface area contributed by atoms with Crippen LogP contribution in [0.25, 0.3) is 0 Å². The van der Waals surface area contributed by atoms with Gasteiger partial charge in [0.15, 0.2) is 0 Å². The fraction of sp³-hybridized carbons (Fsp3) is 0.714. The Morgan fingerprint density at radius 2 is 2.00 bits per heavy atom. The molecule has 0 aliphatic rings. The molecule has 0 bridgehead atoms. The molecule has 0 aliphatic carbocycles. The van der Waals surface area contributed by atoms with Gasteiger partial charge in [-0.15, -0.1) is 0 Å². The second-order valence-corrected chi connectivity index (χ2v) is 2.60. The minimum absolute atomic E-state index is 0. The quantitative estimate of drug-likeness (QED) is 0.380. The fourth-order valence-corrected chi connectivity index (χ4v) is 0.948. The summed E-state index contributed by atoms with van der Waals surface area (Å²) in [5.74, 6) is 3.09. The van der Waals surface area contributed by atoms with E-state index in [0.717, 1.165) is 30.8 Å². The van der Waals surface area contributed by atoms with E-state index in [1.54, 1.807) is 0 Å². The Hall–Kier alpha value is 1.03. The Balaban J connectivity index is 0. The van der Waals surface area contributed by atoms with Gasteiger partial charge in [0.05, 0.1) is 0 Å². The van der Waals surface area contributed by atoms with Crippen LogP contribution in [0.4, 0.5) is 0 Å². The van der Waals surface area contributed by atoms with E-state index in [1.165, 1.54) is 19.3 Å². The van der Waals surface area contributed by atoms with Gasteiger partial charge in [-0.1, -0.05) is 0 Å². The predicted molar refractivity (Wildman–Crippen MR) is 43.4 cm³/mol. The summed E-state index contributed by atoms with van der Waals surface area (Å²) in [4.78, 5) is 0. The minimum Gasteiger partial charge on any atom is 0 e. The first-order chi connectivity index (χ1) is 3.91. The maximum absolute atomic E-state index is 3.09. The summed E-state index contributed by atoms with van der Waals surface area (Å²) in [6.45, 7) is 2.22. The molecule has 0 rings (SSSR count). The first-order valence-corrected chi connectivity index (χ1v) is 4.75. The molecule has 0 nitrogen and oxygen atoms in total. The van der Waals surface area contributed by atoms with E-state index in [4.69, 9.17) is 0 Å². The molecule has 2 heteroatoms. The summed E-state index contributed by atoms with van der Waals surface area (Å²) in [6.07, 6.45) is 5.07. The Labute approximate surface area is 84.9 Å². The number of hydrogen-bond donors (Lipinski definition) is 0. The van der Waals surface area contributed by atoms with Crippen LogP contribution in [0.3, 0.4) is 0 Å². The van der Waals surface area contributed by atoms with Crippen molar-refractivity contribution in [1.29, 1.82) is 0 Å². The van der Waals surface area contributed by atoms with Crippen LogP contribution in [0.2, 0.25) is 0 Å². The van der Waals surface area contributed by atoms with Crippen LogP contribution in [-0.2, 0) is 0 Å². The van der Waals surface area contributed by atoms with E-state index in [1.807, 2.05) is 0 Å². The molecule has 0 aromatic carbocycles. The van der Waals surface area contributed by atoms with Gasteiger partial charge in [-0.2, -0.15) is 0 Å². The van der Waals surface area contributed by atoms with Gasteiger partial charge in [0, 0.05) is 18.9 Å². The second-order valence-electron chi connectivity index (χ2n) is 1.78. The first-order valence-electron chi connectivity index (χ1n) is 3.10. The molecule has 0 unspecified atom stereocenters. The van der Waals surface area contributed by atoms with Crippen molar-refractivity contribution in [2.45, 2.75) is 32.6 Å². The van der Waals surface area contributed by atoms with Gasteiger partial charge in [0.25, 0.3) is 0 Å². The largest absolute Gasteiger partial charge is 0 e. The van der Waals surface area contributed by atoms with Crippen LogP contribution in [0.5, 0.6) is 0 Å². The zero-order valence-electron chi connectivity index (χ0n) is 6.41. The molecule has 3 radical (unpaired) electrons. The van der Waals surface area contributed by atoms with Gasteiger partial charge in [-0.25, -0.2) is 0 Å². The fourth-order valence-electron chi connectivity index (χ4n) is 0.536. The van der Waals surface area contributed by atoms with E-state index >= 15 is 0 Å². The van der Waals surface area contributed by atoms with E-state index in [9.17, 15) is 0 Å². The molecule has 0 fully saturated rings. The Morgan fingerprint density at radius 1 is 1.33 bits per heavy atom. The van der Waals surface area contributed by atoms with Gasteiger partial charge in [-0.05, 0) is 0 Å². The number of hydrogen-bond acceptors (Lipinski definition) is 0. The summed E-state index contributed by atoms with van der Waals surface area (Å²) in [5, 5.41) is 0. The van der Waals surface area contributed by atoms with Crippen molar-refractivity contribution < 1.29 is 0 Å². The van der Waals surface area contributed by atoms with Crippen LogP contribution in [-0.4, -0.2) is 43.2 Å². The van der Waals surface area contributed by atoms with Gasteiger partial charge in [0.1, 0.15) is 0 Å². The average molecular weight is 217 g/mol. The Kier molecular flexibility index (Phi) is 16.6. The van der Waals surface area contributed by atoms with Gasteiger partial charge in [-0.3, -0.25) is 0 Å². The molecule has 0 spiro atoms. The maximum atomic E-state index is 3.09. The molecule has 0 amide bonds. The summed E-state index contributed by atoms with van der Waals surface area (Å²) in [5.41, 5.74) is 0. The van der Waals surface area contributed by atoms with Crippen molar-refractivity contribution in [3.05, 3.63) is 0 Å². The summed E-state index contributed by atoms with van der Waals surface area (Å²) in [7, 11) is 0. The predicted octanol–water partition coefficient (Wildman–Crippen LogP) is 1.32. The van der Waals surface area contributed by atoms with Crippen molar-refractivity contribution in [3.8, 4) is 9.60 Å². The summed E-state index contributed by atoms with van der Waals surface area (Å²) >= 11 is 1.10. The number of unbranched alkanes of at least 4 members (excludes halogenated alkanes) is 3. The van der Waals surface area contributed by atoms with Crippen molar-refractivity contribution in [2.75, 3.05) is 0 Å². The van der Waals surface area contributed by atoms with Crippen LogP contribution in [0, 0.1) is 9.60 Å². The van der Waals surface area contributed by atoms with Crippen LogP contribution >= 0.6 is 0 Å². The molecule has 0 aliphatic heterocycles. The van der Waals surface area contributed by atoms with Crippen LogP contribution in [0.1, 0.15) is 32.6 Å². The second kappa shape index (κ2) is 11.8. The standard InChI is InChI=1S/C7H11.In.Li/c1-3-5-7-6-4-2;;/h3,5-7H2,1H3;;. The molecule has 9 heavy (non-hydrogen) atoms. The zero-order valence-corrected chi connectivity index (χ0v) is 9.70. The van der Waals surface area contributed by atoms with Crippen molar-refractivity contribution in [2.24, 2.45) is 0 Å². The molecule has 0 saturated carbocycles. The molecular formula is C7H11InLi. The first kappa shape index (κ1) is 12.7. The Bertz CT molecular complexity index is 90.8. The molecule has 43 valence electrons. The van der Waals surface area contributed by atoms with E-state index < -0.39 is 0 Å². The van der Waals surface area contributed by atoms with Crippen molar-refractivity contribution in [1.82, 2.24) is 0 Å². The number of rotatable bonds is 3. The van der Waals surface area contributed by atoms with Crippen molar-refractivity contribution >= 4 is 43.2 Å². The normalized spacial score (nSPS) is 6.78. The van der Waals surface area contributed by atoms with Gasteiger partial charge in [0.2, 0.25) is 0 Å². The third-order valence-electron chi connectivity index (χ3n) is 1.01.